The highest BCUT2D eigenvalue weighted by Crippen LogP contribution is 2.35. The Morgan fingerprint density at radius 3 is 2.50 bits per heavy atom. The van der Waals surface area contributed by atoms with E-state index >= 15 is 0 Å². The number of carboxylic acid groups (broad SMARTS) is 1. The molecule has 212 valence electrons. The molecule has 6 rings (SSSR count). The summed E-state index contributed by atoms with van der Waals surface area (Å²) in [5.74, 6) is 1.08. The second-order valence-corrected chi connectivity index (χ2v) is 11.9. The first-order chi connectivity index (χ1) is 20.4. The van der Waals surface area contributed by atoms with E-state index in [4.69, 9.17) is 9.72 Å². The summed E-state index contributed by atoms with van der Waals surface area (Å²) < 4.78 is 7.02. The summed E-state index contributed by atoms with van der Waals surface area (Å²) in [6, 6.07) is 27.4. The smallest absolute Gasteiger partial charge is 0.335 e. The third-order valence-corrected chi connectivity index (χ3v) is 9.29. The van der Waals surface area contributed by atoms with Crippen molar-refractivity contribution in [1.29, 1.82) is 0 Å². The van der Waals surface area contributed by atoms with Crippen molar-refractivity contribution < 1.29 is 19.4 Å². The van der Waals surface area contributed by atoms with Crippen molar-refractivity contribution >= 4 is 39.0 Å². The molecule has 0 amide bonds. The van der Waals surface area contributed by atoms with Gasteiger partial charge < -0.3 is 14.7 Å². The van der Waals surface area contributed by atoms with Crippen molar-refractivity contribution in [1.82, 2.24) is 4.98 Å². The number of thiophene rings is 1. The number of ketones is 1. The summed E-state index contributed by atoms with van der Waals surface area (Å²) in [6.07, 6.45) is 4.10. The van der Waals surface area contributed by atoms with Gasteiger partial charge in [-0.25, -0.2) is 9.78 Å². The minimum atomic E-state index is -0.954. The Morgan fingerprint density at radius 2 is 1.76 bits per heavy atom. The van der Waals surface area contributed by atoms with Gasteiger partial charge in [0, 0.05) is 30.4 Å². The van der Waals surface area contributed by atoms with Crippen LogP contribution in [0.25, 0.3) is 21.2 Å². The molecule has 2 aromatic heterocycles. The summed E-state index contributed by atoms with van der Waals surface area (Å²) in [5.41, 5.74) is 4.52. The maximum Gasteiger partial charge on any atom is 0.335 e. The van der Waals surface area contributed by atoms with E-state index in [2.05, 4.69) is 35.2 Å². The average molecular weight is 577 g/mol. The highest BCUT2D eigenvalue weighted by Gasteiger charge is 2.22. The zero-order chi connectivity index (χ0) is 29.1. The van der Waals surface area contributed by atoms with Gasteiger partial charge in [0.15, 0.2) is 5.78 Å². The number of hydrogen-bond donors (Lipinski definition) is 1. The number of aromatic carboxylic acids is 1. The quantitative estimate of drug-likeness (QED) is 0.181. The Balaban J connectivity index is 1.04. The van der Waals surface area contributed by atoms with Gasteiger partial charge in [0.05, 0.1) is 17.0 Å². The van der Waals surface area contributed by atoms with E-state index in [1.165, 1.54) is 5.56 Å². The lowest BCUT2D eigenvalue weighted by Crippen LogP contribution is -2.36. The summed E-state index contributed by atoms with van der Waals surface area (Å²) in [6.45, 7) is 4.36. The highest BCUT2D eigenvalue weighted by molar-refractivity contribution is 7.21. The summed E-state index contributed by atoms with van der Waals surface area (Å²) in [4.78, 5) is 32.3. The molecular formula is C35H32N2O4S. The number of carbonyl (C=O) groups excluding carboxylic acids is 1. The van der Waals surface area contributed by atoms with Crippen molar-refractivity contribution in [2.75, 3.05) is 24.6 Å². The van der Waals surface area contributed by atoms with Crippen LogP contribution in [0.2, 0.25) is 0 Å². The lowest BCUT2D eigenvalue weighted by molar-refractivity contribution is 0.0696. The number of hydrogen-bond acceptors (Lipinski definition) is 6. The molecule has 0 bridgehead atoms. The van der Waals surface area contributed by atoms with Crippen LogP contribution in [-0.2, 0) is 6.42 Å². The topological polar surface area (TPSA) is 79.7 Å². The standard InChI is InChI=1S/C35H32N2O4S/c1-23-30-20-27(26-6-3-2-4-7-26)11-12-32(30)42-34(23)31(38)18-25-10-13-33(36-21-25)37-16-14-24(15-17-37)22-41-29-9-5-8-28(19-29)35(39)40/h2-13,19-21,24H,14-18,22H2,1H3,(H,39,40). The van der Waals surface area contributed by atoms with Crippen LogP contribution < -0.4 is 9.64 Å². The molecule has 0 atom stereocenters. The minimum absolute atomic E-state index is 0.124. The molecule has 1 aliphatic heterocycles. The van der Waals surface area contributed by atoms with Crippen LogP contribution in [0.4, 0.5) is 5.82 Å². The van der Waals surface area contributed by atoms with Gasteiger partial charge in [0.2, 0.25) is 0 Å². The minimum Gasteiger partial charge on any atom is -0.493 e. The number of benzene rings is 3. The van der Waals surface area contributed by atoms with Gasteiger partial charge in [-0.2, -0.15) is 0 Å². The van der Waals surface area contributed by atoms with Crippen molar-refractivity contribution in [2.45, 2.75) is 26.2 Å². The van der Waals surface area contributed by atoms with E-state index in [-0.39, 0.29) is 11.3 Å². The van der Waals surface area contributed by atoms with E-state index in [9.17, 15) is 14.7 Å². The van der Waals surface area contributed by atoms with Crippen LogP contribution in [0.3, 0.4) is 0 Å². The predicted octanol–water partition coefficient (Wildman–Crippen LogP) is 7.69. The molecule has 0 saturated carbocycles. The molecule has 0 aliphatic carbocycles. The lowest BCUT2D eigenvalue weighted by atomic mass is 9.97. The first-order valence-corrected chi connectivity index (χ1v) is 15.0. The summed E-state index contributed by atoms with van der Waals surface area (Å²) in [7, 11) is 0. The molecule has 0 unspecified atom stereocenters. The van der Waals surface area contributed by atoms with Crippen molar-refractivity contribution in [2.24, 2.45) is 5.92 Å². The Kier molecular flexibility index (Phi) is 8.02. The largest absolute Gasteiger partial charge is 0.493 e. The fraction of sp³-hybridized carbons (Fsp3) is 0.229. The number of nitrogens with zero attached hydrogens (tertiary/aromatic N) is 2. The molecule has 0 radical (unpaired) electrons. The van der Waals surface area contributed by atoms with Crippen LogP contribution in [0.15, 0.2) is 91.1 Å². The zero-order valence-corrected chi connectivity index (χ0v) is 24.3. The first-order valence-electron chi connectivity index (χ1n) is 14.2. The Morgan fingerprint density at radius 1 is 0.952 bits per heavy atom. The lowest BCUT2D eigenvalue weighted by Gasteiger charge is -2.32. The number of piperidine rings is 1. The number of fused-ring (bicyclic) bond motifs is 1. The van der Waals surface area contributed by atoms with Crippen LogP contribution in [0.1, 0.15) is 44.0 Å². The predicted molar refractivity (Wildman–Crippen MR) is 168 cm³/mol. The van der Waals surface area contributed by atoms with Gasteiger partial charge in [-0.05, 0) is 89.7 Å². The molecule has 5 aromatic rings. The van der Waals surface area contributed by atoms with Gasteiger partial charge in [0.25, 0.3) is 0 Å². The Labute approximate surface area is 249 Å². The fourth-order valence-electron chi connectivity index (χ4n) is 5.53. The summed E-state index contributed by atoms with van der Waals surface area (Å²) >= 11 is 1.57. The number of carbonyl (C=O) groups is 2. The number of aromatic nitrogens is 1. The molecule has 7 heteroatoms. The van der Waals surface area contributed by atoms with Crippen molar-refractivity contribution in [3.63, 3.8) is 0 Å². The average Bonchev–Trinajstić information content (AvgIpc) is 3.37. The molecule has 0 spiro atoms. The number of Topliss-reactive ketones (excluding diaryl/α,β-unsaturated/α-hetero) is 1. The molecule has 42 heavy (non-hydrogen) atoms. The van der Waals surface area contributed by atoms with E-state index in [1.54, 1.807) is 35.6 Å². The van der Waals surface area contributed by atoms with E-state index < -0.39 is 5.97 Å². The third-order valence-electron chi connectivity index (χ3n) is 7.98. The Bertz CT molecular complexity index is 1720. The van der Waals surface area contributed by atoms with Gasteiger partial charge >= 0.3 is 5.97 Å². The molecule has 1 saturated heterocycles. The fourth-order valence-corrected chi connectivity index (χ4v) is 6.66. The first kappa shape index (κ1) is 27.7. The van der Waals surface area contributed by atoms with Gasteiger partial charge in [-0.3, -0.25) is 4.79 Å². The van der Waals surface area contributed by atoms with Gasteiger partial charge in [-0.1, -0.05) is 48.5 Å². The van der Waals surface area contributed by atoms with Crippen LogP contribution in [0, 0.1) is 12.8 Å². The van der Waals surface area contributed by atoms with E-state index in [0.717, 1.165) is 63.4 Å². The molecule has 6 nitrogen and oxygen atoms in total. The second-order valence-electron chi connectivity index (χ2n) is 10.8. The normalized spacial score (nSPS) is 13.8. The number of carboxylic acids is 1. The van der Waals surface area contributed by atoms with Gasteiger partial charge in [-0.15, -0.1) is 11.3 Å². The SMILES string of the molecule is Cc1c(C(=O)Cc2ccc(N3CCC(COc4cccc(C(=O)O)c4)CC3)nc2)sc2ccc(-c3ccccc3)cc12. The molecule has 3 heterocycles. The highest BCUT2D eigenvalue weighted by atomic mass is 32.1. The monoisotopic (exact) mass is 576 g/mol. The van der Waals surface area contributed by atoms with Gasteiger partial charge in [0.1, 0.15) is 11.6 Å². The Hall–Kier alpha value is -4.49. The zero-order valence-electron chi connectivity index (χ0n) is 23.5. The second kappa shape index (κ2) is 12.2. The number of aryl methyl sites for hydroxylation is 1. The van der Waals surface area contributed by atoms with E-state index in [0.29, 0.717) is 24.7 Å². The van der Waals surface area contributed by atoms with Crippen LogP contribution in [0.5, 0.6) is 5.75 Å². The number of pyridine rings is 1. The summed E-state index contributed by atoms with van der Waals surface area (Å²) in [5, 5.41) is 10.3. The molecule has 1 N–H and O–H groups in total. The van der Waals surface area contributed by atoms with Crippen LogP contribution in [-0.4, -0.2) is 41.5 Å². The number of ether oxygens (including phenoxy) is 1. The van der Waals surface area contributed by atoms with Crippen molar-refractivity contribution in [3.8, 4) is 16.9 Å². The molecule has 3 aromatic carbocycles. The molecule has 1 fully saturated rings. The maximum atomic E-state index is 13.3. The number of anilines is 1. The van der Waals surface area contributed by atoms with Crippen molar-refractivity contribution in [3.05, 3.63) is 113 Å². The maximum absolute atomic E-state index is 13.3. The van der Waals surface area contributed by atoms with E-state index in [1.807, 2.05) is 43.5 Å². The third kappa shape index (κ3) is 6.06. The molecular weight excluding hydrogens is 544 g/mol. The number of rotatable bonds is 9. The molecule has 1 aliphatic rings. The van der Waals surface area contributed by atoms with Crippen LogP contribution >= 0.6 is 11.3 Å².